The number of nitrogens with zero attached hydrogens (tertiary/aromatic N) is 6. The second-order valence-corrected chi connectivity index (χ2v) is 11.6. The SMILES string of the molecule is CC(=O)N1CCC2(CC1)CN1C(=O)CN(S(=O)(=O)c3cc4cc(Cl)ccc4[nH]3)CC1(CN=[N+]=[N-])O2. The number of sulfonamides is 1. The molecule has 3 aliphatic heterocycles. The zero-order valence-corrected chi connectivity index (χ0v) is 20.5. The van der Waals surface area contributed by atoms with E-state index in [1.54, 1.807) is 23.1 Å². The number of carbonyl (C=O) groups is 2. The van der Waals surface area contributed by atoms with Crippen LogP contribution in [0, 0.1) is 0 Å². The van der Waals surface area contributed by atoms with Gasteiger partial charge in [0.15, 0.2) is 5.72 Å². The fourth-order valence-electron chi connectivity index (χ4n) is 5.25. The van der Waals surface area contributed by atoms with E-state index in [1.165, 1.54) is 17.9 Å². The molecule has 0 saturated carbocycles. The number of aromatic nitrogens is 1. The second kappa shape index (κ2) is 8.38. The Kier molecular flexibility index (Phi) is 5.72. The minimum absolute atomic E-state index is 0.0349. The average molecular weight is 522 g/mol. The van der Waals surface area contributed by atoms with E-state index in [0.717, 1.165) is 4.31 Å². The van der Waals surface area contributed by atoms with Gasteiger partial charge in [0.25, 0.3) is 10.0 Å². The molecule has 3 fully saturated rings. The van der Waals surface area contributed by atoms with Gasteiger partial charge in [0, 0.05) is 40.9 Å². The molecule has 3 saturated heterocycles. The van der Waals surface area contributed by atoms with E-state index in [0.29, 0.717) is 41.9 Å². The maximum atomic E-state index is 13.6. The maximum absolute atomic E-state index is 13.6. The lowest BCUT2D eigenvalue weighted by Crippen LogP contribution is -2.65. The Morgan fingerprint density at radius 2 is 2.03 bits per heavy atom. The molecular weight excluding hydrogens is 498 g/mol. The number of carbonyl (C=O) groups excluding carboxylic acids is 2. The number of rotatable bonds is 4. The predicted molar refractivity (Wildman–Crippen MR) is 126 cm³/mol. The summed E-state index contributed by atoms with van der Waals surface area (Å²) in [5.41, 5.74) is 7.41. The van der Waals surface area contributed by atoms with Gasteiger partial charge < -0.3 is 19.5 Å². The quantitative estimate of drug-likeness (QED) is 0.371. The van der Waals surface area contributed by atoms with Crippen LogP contribution in [-0.2, 0) is 24.3 Å². The number of hydrogen-bond acceptors (Lipinski definition) is 6. The molecule has 12 nitrogen and oxygen atoms in total. The molecule has 1 N–H and O–H groups in total. The standard InChI is InChI=1S/C21H24ClN7O5S/c1-14(30)27-6-4-20(5-7-27)12-29-19(31)10-28(13-21(29,34-20)11-24-26-23)35(32,33)18-9-15-8-16(22)2-3-17(15)25-18/h2-3,8-9,25H,4-7,10-13H2,1H3. The molecule has 14 heteroatoms. The largest absolute Gasteiger partial charge is 0.346 e. The summed E-state index contributed by atoms with van der Waals surface area (Å²) < 4.78 is 34.7. The van der Waals surface area contributed by atoms with Crippen molar-refractivity contribution in [2.45, 2.75) is 36.1 Å². The maximum Gasteiger partial charge on any atom is 0.259 e. The molecule has 4 heterocycles. The van der Waals surface area contributed by atoms with Crippen molar-refractivity contribution in [1.82, 2.24) is 19.1 Å². The number of piperazine rings is 1. The molecule has 0 radical (unpaired) electrons. The topological polar surface area (TPSA) is 152 Å². The minimum atomic E-state index is -4.11. The van der Waals surface area contributed by atoms with Gasteiger partial charge in [-0.15, -0.1) is 0 Å². The fraction of sp³-hybridized carbons (Fsp3) is 0.524. The molecule has 35 heavy (non-hydrogen) atoms. The summed E-state index contributed by atoms with van der Waals surface area (Å²) in [4.78, 5) is 34.0. The van der Waals surface area contributed by atoms with E-state index in [9.17, 15) is 18.0 Å². The van der Waals surface area contributed by atoms with Gasteiger partial charge in [0.2, 0.25) is 11.8 Å². The van der Waals surface area contributed by atoms with Crippen molar-refractivity contribution in [3.63, 3.8) is 0 Å². The van der Waals surface area contributed by atoms with Gasteiger partial charge in [-0.05, 0) is 42.6 Å². The number of H-pyrrole nitrogens is 1. The molecule has 186 valence electrons. The first-order valence-corrected chi connectivity index (χ1v) is 12.9. The zero-order chi connectivity index (χ0) is 25.0. The van der Waals surface area contributed by atoms with Gasteiger partial charge >= 0.3 is 0 Å². The van der Waals surface area contributed by atoms with Crippen molar-refractivity contribution >= 4 is 44.3 Å². The van der Waals surface area contributed by atoms with E-state index >= 15 is 0 Å². The molecule has 1 aromatic carbocycles. The Morgan fingerprint density at radius 3 is 2.71 bits per heavy atom. The average Bonchev–Trinajstić information content (AvgIpc) is 3.38. The number of hydrogen-bond donors (Lipinski definition) is 1. The van der Waals surface area contributed by atoms with Crippen molar-refractivity contribution < 1.29 is 22.7 Å². The Hall–Kier alpha value is -2.83. The van der Waals surface area contributed by atoms with Crippen LogP contribution in [0.15, 0.2) is 34.4 Å². The Labute approximate surface area is 206 Å². The molecular formula is C21H24ClN7O5S. The molecule has 1 aromatic heterocycles. The van der Waals surface area contributed by atoms with Crippen LogP contribution in [0.3, 0.4) is 0 Å². The molecule has 0 aliphatic carbocycles. The van der Waals surface area contributed by atoms with E-state index in [4.69, 9.17) is 21.9 Å². The highest BCUT2D eigenvalue weighted by Crippen LogP contribution is 2.44. The highest BCUT2D eigenvalue weighted by molar-refractivity contribution is 7.89. The van der Waals surface area contributed by atoms with Gasteiger partial charge in [0.1, 0.15) is 5.03 Å². The number of likely N-dealkylation sites (tertiary alicyclic amines) is 1. The van der Waals surface area contributed by atoms with Crippen LogP contribution in [0.1, 0.15) is 19.8 Å². The predicted octanol–water partition coefficient (Wildman–Crippen LogP) is 2.07. The van der Waals surface area contributed by atoms with Crippen LogP contribution >= 0.6 is 11.6 Å². The normalized spacial score (nSPS) is 24.6. The van der Waals surface area contributed by atoms with Crippen LogP contribution in [0.5, 0.6) is 0 Å². The van der Waals surface area contributed by atoms with Crippen molar-refractivity contribution in [1.29, 1.82) is 0 Å². The summed E-state index contributed by atoms with van der Waals surface area (Å²) in [7, 11) is -4.11. The number of benzene rings is 1. The first-order chi connectivity index (χ1) is 16.6. The third kappa shape index (κ3) is 4.03. The van der Waals surface area contributed by atoms with E-state index in [2.05, 4.69) is 15.0 Å². The zero-order valence-electron chi connectivity index (χ0n) is 19.0. The third-order valence-corrected chi connectivity index (χ3v) is 9.01. The van der Waals surface area contributed by atoms with Crippen molar-refractivity contribution in [2.24, 2.45) is 5.11 Å². The van der Waals surface area contributed by atoms with Crippen LogP contribution < -0.4 is 0 Å². The van der Waals surface area contributed by atoms with E-state index in [-0.39, 0.29) is 37.1 Å². The van der Waals surface area contributed by atoms with Gasteiger partial charge in [-0.25, -0.2) is 8.42 Å². The molecule has 1 atom stereocenters. The second-order valence-electron chi connectivity index (χ2n) is 9.24. The number of halogens is 1. The summed E-state index contributed by atoms with van der Waals surface area (Å²) in [6, 6.07) is 6.45. The Morgan fingerprint density at radius 1 is 1.29 bits per heavy atom. The molecule has 2 amide bonds. The third-order valence-electron chi connectivity index (χ3n) is 7.06. The van der Waals surface area contributed by atoms with Crippen molar-refractivity contribution in [3.05, 3.63) is 39.7 Å². The molecule has 5 rings (SSSR count). The molecule has 1 unspecified atom stereocenters. The van der Waals surface area contributed by atoms with Crippen molar-refractivity contribution in [2.75, 3.05) is 39.3 Å². The van der Waals surface area contributed by atoms with Gasteiger partial charge in [-0.2, -0.15) is 4.31 Å². The van der Waals surface area contributed by atoms with Crippen LogP contribution in [0.4, 0.5) is 0 Å². The number of amides is 2. The van der Waals surface area contributed by atoms with Crippen LogP contribution in [0.25, 0.3) is 21.3 Å². The monoisotopic (exact) mass is 521 g/mol. The number of aromatic amines is 1. The Balaban J connectivity index is 1.47. The number of fused-ring (bicyclic) bond motifs is 2. The first kappa shape index (κ1) is 23.9. The summed E-state index contributed by atoms with van der Waals surface area (Å²) in [5.74, 6) is -0.467. The number of piperidine rings is 1. The summed E-state index contributed by atoms with van der Waals surface area (Å²) in [6.07, 6.45) is 0.980. The van der Waals surface area contributed by atoms with E-state index < -0.39 is 27.3 Å². The molecule has 1 spiro atoms. The lowest BCUT2D eigenvalue weighted by molar-refractivity contribution is -0.177. The highest BCUT2D eigenvalue weighted by Gasteiger charge is 2.60. The van der Waals surface area contributed by atoms with Gasteiger partial charge in [-0.3, -0.25) is 9.59 Å². The first-order valence-electron chi connectivity index (χ1n) is 11.1. The van der Waals surface area contributed by atoms with Crippen molar-refractivity contribution in [3.8, 4) is 0 Å². The highest BCUT2D eigenvalue weighted by atomic mass is 35.5. The van der Waals surface area contributed by atoms with Gasteiger partial charge in [-0.1, -0.05) is 16.7 Å². The summed E-state index contributed by atoms with van der Waals surface area (Å²) >= 11 is 6.03. The lowest BCUT2D eigenvalue weighted by atomic mass is 9.91. The summed E-state index contributed by atoms with van der Waals surface area (Å²) in [5, 5.41) is 4.69. The molecule has 2 aromatic rings. The van der Waals surface area contributed by atoms with Crippen LogP contribution in [-0.4, -0.2) is 89.9 Å². The number of ether oxygens (including phenoxy) is 1. The smallest absolute Gasteiger partial charge is 0.259 e. The summed E-state index contributed by atoms with van der Waals surface area (Å²) in [6.45, 7) is 1.90. The van der Waals surface area contributed by atoms with Crippen LogP contribution in [0.2, 0.25) is 5.02 Å². The van der Waals surface area contributed by atoms with Gasteiger partial charge in [0.05, 0.1) is 31.8 Å². The number of azide groups is 1. The molecule has 3 aliphatic rings. The lowest BCUT2D eigenvalue weighted by Gasteiger charge is -2.44. The van der Waals surface area contributed by atoms with E-state index in [1.807, 2.05) is 0 Å². The molecule has 0 bridgehead atoms. The minimum Gasteiger partial charge on any atom is -0.346 e. The number of nitrogens with one attached hydrogen (secondary N) is 1. The fourth-order valence-corrected chi connectivity index (χ4v) is 6.87. The Bertz CT molecular complexity index is 1360.